The molecule has 27 heavy (non-hydrogen) atoms. The van der Waals surface area contributed by atoms with Crippen molar-refractivity contribution in [2.45, 2.75) is 0 Å². The number of hydrogen-bond donors (Lipinski definition) is 0. The van der Waals surface area contributed by atoms with Crippen molar-refractivity contribution < 1.29 is 4.74 Å². The van der Waals surface area contributed by atoms with E-state index in [0.29, 0.717) is 6.54 Å². The zero-order valence-corrected chi connectivity index (χ0v) is 15.3. The third-order valence-electron chi connectivity index (χ3n) is 5.22. The topological polar surface area (TPSA) is 55.5 Å². The molecule has 0 spiro atoms. The highest BCUT2D eigenvalue weighted by molar-refractivity contribution is 6.02. The molecule has 0 aromatic carbocycles. The van der Waals surface area contributed by atoms with E-state index in [1.54, 1.807) is 0 Å². The third kappa shape index (κ3) is 2.82. The lowest BCUT2D eigenvalue weighted by molar-refractivity contribution is 0.122. The molecule has 0 bridgehead atoms. The van der Waals surface area contributed by atoms with Crippen molar-refractivity contribution in [3.05, 3.63) is 48.4 Å². The zero-order chi connectivity index (χ0) is 18.2. The largest absolute Gasteiger partial charge is 0.378 e. The van der Waals surface area contributed by atoms with E-state index in [1.165, 1.54) is 11.3 Å². The van der Waals surface area contributed by atoms with Crippen LogP contribution in [-0.4, -0.2) is 53.6 Å². The van der Waals surface area contributed by atoms with Crippen molar-refractivity contribution in [1.29, 1.82) is 0 Å². The van der Waals surface area contributed by atoms with Gasteiger partial charge < -0.3 is 14.2 Å². The lowest BCUT2D eigenvalue weighted by Gasteiger charge is -2.28. The second-order valence-corrected chi connectivity index (χ2v) is 6.87. The number of aliphatic imine (C=N–C) groups is 1. The SMILES string of the molecule is Cn1cccc1-c1cc(N2CCOCC2)nc2c(C3=CC=NC3)nccc12. The number of fused-ring (bicyclic) bond motifs is 1. The molecule has 2 aliphatic heterocycles. The standard InChI is InChI=1S/C21H21N5O/c1-25-8-2-3-18(25)17-13-19(26-9-11-27-12-10-26)24-21-16(17)5-7-23-20(21)15-4-6-22-14-15/h2-8,13H,9-12,14H2,1H3. The van der Waals surface area contributed by atoms with E-state index in [2.05, 4.69) is 57.0 Å². The molecule has 5 rings (SSSR count). The summed E-state index contributed by atoms with van der Waals surface area (Å²) in [6.45, 7) is 3.84. The van der Waals surface area contributed by atoms with Crippen LogP contribution in [-0.2, 0) is 11.8 Å². The van der Waals surface area contributed by atoms with Crippen LogP contribution >= 0.6 is 0 Å². The van der Waals surface area contributed by atoms with Crippen molar-refractivity contribution >= 4 is 28.5 Å². The minimum absolute atomic E-state index is 0.662. The molecule has 1 fully saturated rings. The van der Waals surface area contributed by atoms with Gasteiger partial charge >= 0.3 is 0 Å². The first-order valence-electron chi connectivity index (χ1n) is 9.25. The van der Waals surface area contributed by atoms with Gasteiger partial charge in [0.1, 0.15) is 5.82 Å². The Morgan fingerprint density at radius 3 is 2.78 bits per heavy atom. The van der Waals surface area contributed by atoms with Crippen LogP contribution in [0.3, 0.4) is 0 Å². The van der Waals surface area contributed by atoms with Crippen LogP contribution < -0.4 is 4.90 Å². The number of aryl methyl sites for hydroxylation is 1. The van der Waals surface area contributed by atoms with E-state index >= 15 is 0 Å². The van der Waals surface area contributed by atoms with E-state index in [9.17, 15) is 0 Å². The molecule has 0 atom stereocenters. The van der Waals surface area contributed by atoms with Crippen LogP contribution in [0.25, 0.3) is 27.7 Å². The van der Waals surface area contributed by atoms with Gasteiger partial charge in [-0.2, -0.15) is 0 Å². The number of anilines is 1. The highest BCUT2D eigenvalue weighted by atomic mass is 16.5. The summed E-state index contributed by atoms with van der Waals surface area (Å²) in [6, 6.07) is 8.49. The van der Waals surface area contributed by atoms with Gasteiger partial charge in [0, 0.05) is 61.0 Å². The Labute approximate surface area is 157 Å². The first kappa shape index (κ1) is 16.2. The normalized spacial score (nSPS) is 16.9. The monoisotopic (exact) mass is 359 g/mol. The molecule has 1 saturated heterocycles. The van der Waals surface area contributed by atoms with Gasteiger partial charge in [0.05, 0.1) is 31.0 Å². The van der Waals surface area contributed by atoms with E-state index in [1.807, 2.05) is 18.5 Å². The molecular formula is C21H21N5O. The van der Waals surface area contributed by atoms with E-state index in [0.717, 1.165) is 54.3 Å². The molecule has 136 valence electrons. The fraction of sp³-hybridized carbons (Fsp3) is 0.286. The molecule has 3 aromatic rings. The Balaban J connectivity index is 1.76. The molecule has 2 aliphatic rings. The predicted molar refractivity (Wildman–Crippen MR) is 108 cm³/mol. The summed E-state index contributed by atoms with van der Waals surface area (Å²) < 4.78 is 7.67. The maximum Gasteiger partial charge on any atom is 0.130 e. The summed E-state index contributed by atoms with van der Waals surface area (Å²) in [4.78, 5) is 16.3. The van der Waals surface area contributed by atoms with Crippen molar-refractivity contribution in [3.63, 3.8) is 0 Å². The smallest absolute Gasteiger partial charge is 0.130 e. The first-order valence-corrected chi connectivity index (χ1v) is 9.25. The maximum absolute atomic E-state index is 5.52. The number of morpholine rings is 1. The van der Waals surface area contributed by atoms with Crippen LogP contribution in [0.4, 0.5) is 5.82 Å². The van der Waals surface area contributed by atoms with Gasteiger partial charge in [-0.3, -0.25) is 9.98 Å². The number of rotatable bonds is 3. The second-order valence-electron chi connectivity index (χ2n) is 6.87. The second kappa shape index (κ2) is 6.63. The van der Waals surface area contributed by atoms with Gasteiger partial charge in [0.2, 0.25) is 0 Å². The highest BCUT2D eigenvalue weighted by Crippen LogP contribution is 2.34. The van der Waals surface area contributed by atoms with Crippen molar-refractivity contribution in [1.82, 2.24) is 14.5 Å². The fourth-order valence-corrected chi connectivity index (χ4v) is 3.78. The third-order valence-corrected chi connectivity index (χ3v) is 5.22. The van der Waals surface area contributed by atoms with Gasteiger partial charge in [-0.05, 0) is 30.3 Å². The molecule has 5 heterocycles. The predicted octanol–water partition coefficient (Wildman–Crippen LogP) is 2.94. The number of pyridine rings is 2. The fourth-order valence-electron chi connectivity index (χ4n) is 3.78. The lowest BCUT2D eigenvalue weighted by atomic mass is 10.0. The van der Waals surface area contributed by atoms with Crippen LogP contribution in [0, 0.1) is 0 Å². The van der Waals surface area contributed by atoms with Gasteiger partial charge in [0.25, 0.3) is 0 Å². The van der Waals surface area contributed by atoms with E-state index in [-0.39, 0.29) is 0 Å². The summed E-state index contributed by atoms with van der Waals surface area (Å²) in [6.07, 6.45) is 7.83. The molecule has 6 nitrogen and oxygen atoms in total. The summed E-state index contributed by atoms with van der Waals surface area (Å²) in [5.74, 6) is 0.982. The molecule has 0 unspecified atom stereocenters. The number of nitrogens with zero attached hydrogens (tertiary/aromatic N) is 5. The molecule has 3 aromatic heterocycles. The van der Waals surface area contributed by atoms with E-state index < -0.39 is 0 Å². The Kier molecular flexibility index (Phi) is 3.98. The van der Waals surface area contributed by atoms with Gasteiger partial charge in [-0.25, -0.2) is 4.98 Å². The summed E-state index contributed by atoms with van der Waals surface area (Å²) in [5, 5.41) is 1.12. The van der Waals surface area contributed by atoms with Crippen molar-refractivity contribution in [2.24, 2.45) is 12.0 Å². The average Bonchev–Trinajstić information content (AvgIpc) is 3.39. The molecule has 6 heteroatoms. The Morgan fingerprint density at radius 1 is 1.15 bits per heavy atom. The Morgan fingerprint density at radius 2 is 2.04 bits per heavy atom. The highest BCUT2D eigenvalue weighted by Gasteiger charge is 2.20. The quantitative estimate of drug-likeness (QED) is 0.721. The first-order chi connectivity index (χ1) is 13.3. The Hall–Kier alpha value is -2.99. The van der Waals surface area contributed by atoms with Gasteiger partial charge in [-0.15, -0.1) is 0 Å². The van der Waals surface area contributed by atoms with Gasteiger partial charge in [0.15, 0.2) is 0 Å². The summed E-state index contributed by atoms with van der Waals surface area (Å²) in [7, 11) is 2.07. The molecule has 0 saturated carbocycles. The average molecular weight is 359 g/mol. The van der Waals surface area contributed by atoms with Crippen molar-refractivity contribution in [2.75, 3.05) is 37.7 Å². The number of ether oxygens (including phenoxy) is 1. The van der Waals surface area contributed by atoms with Crippen LogP contribution in [0.5, 0.6) is 0 Å². The number of aromatic nitrogens is 3. The lowest BCUT2D eigenvalue weighted by Crippen LogP contribution is -2.36. The minimum atomic E-state index is 0.662. The van der Waals surface area contributed by atoms with Gasteiger partial charge in [-0.1, -0.05) is 0 Å². The molecular weight excluding hydrogens is 338 g/mol. The van der Waals surface area contributed by atoms with Crippen LogP contribution in [0.1, 0.15) is 5.69 Å². The van der Waals surface area contributed by atoms with Crippen LogP contribution in [0.15, 0.2) is 47.7 Å². The molecule has 0 aliphatic carbocycles. The summed E-state index contributed by atoms with van der Waals surface area (Å²) >= 11 is 0. The number of hydrogen-bond acceptors (Lipinski definition) is 5. The van der Waals surface area contributed by atoms with Crippen molar-refractivity contribution in [3.8, 4) is 11.3 Å². The molecule has 0 radical (unpaired) electrons. The maximum atomic E-state index is 5.52. The van der Waals surface area contributed by atoms with Crippen LogP contribution in [0.2, 0.25) is 0 Å². The minimum Gasteiger partial charge on any atom is -0.378 e. The molecule has 0 amide bonds. The number of allylic oxidation sites excluding steroid dienone is 1. The Bertz CT molecular complexity index is 1060. The molecule has 0 N–H and O–H groups in total. The van der Waals surface area contributed by atoms with E-state index in [4.69, 9.17) is 9.72 Å². The summed E-state index contributed by atoms with van der Waals surface area (Å²) in [5.41, 5.74) is 5.33. The zero-order valence-electron chi connectivity index (χ0n) is 15.3.